The molecule has 3 aromatic carbocycles. The summed E-state index contributed by atoms with van der Waals surface area (Å²) in [7, 11) is 1.53. The molecule has 5 rings (SSSR count). The molecule has 222 valence electrons. The van der Waals surface area contributed by atoms with E-state index in [0.717, 1.165) is 41.1 Å². The molecule has 10 nitrogen and oxygen atoms in total. The van der Waals surface area contributed by atoms with E-state index in [9.17, 15) is 27.2 Å². The molecule has 0 aliphatic carbocycles. The summed E-state index contributed by atoms with van der Waals surface area (Å²) in [5, 5.41) is 6.30. The van der Waals surface area contributed by atoms with Gasteiger partial charge in [-0.1, -0.05) is 29.1 Å². The monoisotopic (exact) mass is 615 g/mol. The molecule has 3 amide bonds. The van der Waals surface area contributed by atoms with E-state index in [1.54, 1.807) is 6.07 Å². The topological polar surface area (TPSA) is 119 Å². The number of amides is 3. The maximum Gasteiger partial charge on any atom is 0.573 e. The molecule has 1 fully saturated rings. The van der Waals surface area contributed by atoms with Gasteiger partial charge in [-0.2, -0.15) is 9.98 Å². The highest BCUT2D eigenvalue weighted by Gasteiger charge is 2.32. The van der Waals surface area contributed by atoms with Gasteiger partial charge < -0.3 is 19.3 Å². The predicted octanol–water partition coefficient (Wildman–Crippen LogP) is 6.56. The number of carbonyl (C=O) groups excluding carboxylic acids is 2. The number of carbonyl (C=O) groups is 2. The van der Waals surface area contributed by atoms with Crippen molar-refractivity contribution in [1.82, 2.24) is 10.1 Å². The number of methoxy groups -OCH3 is 1. The van der Waals surface area contributed by atoms with Crippen molar-refractivity contribution in [2.45, 2.75) is 19.9 Å². The van der Waals surface area contributed by atoms with Crippen molar-refractivity contribution in [2.75, 3.05) is 23.1 Å². The summed E-state index contributed by atoms with van der Waals surface area (Å²) in [5.41, 5.74) is 2.52. The molecule has 0 bridgehead atoms. The van der Waals surface area contributed by atoms with E-state index in [1.807, 2.05) is 19.1 Å². The highest BCUT2D eigenvalue weighted by atomic mass is 32.2. The van der Waals surface area contributed by atoms with E-state index in [4.69, 9.17) is 9.26 Å². The van der Waals surface area contributed by atoms with Crippen LogP contribution >= 0.6 is 11.8 Å². The Hall–Kier alpha value is -4.76. The number of aliphatic imine (C=N–C) groups is 1. The van der Waals surface area contributed by atoms with E-state index in [-0.39, 0.29) is 46.4 Å². The Morgan fingerprint density at radius 1 is 1.12 bits per heavy atom. The van der Waals surface area contributed by atoms with Crippen LogP contribution < -0.4 is 15.0 Å². The molecular weight excluding hydrogens is 594 g/mol. The zero-order valence-corrected chi connectivity index (χ0v) is 23.3. The summed E-state index contributed by atoms with van der Waals surface area (Å²) in [6, 6.07) is 13.2. The number of hydrogen-bond acceptors (Lipinski definition) is 8. The largest absolute Gasteiger partial charge is 0.573 e. The van der Waals surface area contributed by atoms with Crippen LogP contribution in [0.5, 0.6) is 5.75 Å². The molecule has 2 heterocycles. The number of benzene rings is 3. The number of aromatic nitrogens is 2. The summed E-state index contributed by atoms with van der Waals surface area (Å²) in [6.07, 6.45) is -4.83. The lowest BCUT2D eigenvalue weighted by Gasteiger charge is -2.20. The predicted molar refractivity (Wildman–Crippen MR) is 150 cm³/mol. The number of anilines is 2. The first kappa shape index (κ1) is 29.7. The quantitative estimate of drug-likeness (QED) is 0.232. The third-order valence-corrected chi connectivity index (χ3v) is 6.90. The maximum absolute atomic E-state index is 15.0. The van der Waals surface area contributed by atoms with Gasteiger partial charge in [0, 0.05) is 23.8 Å². The van der Waals surface area contributed by atoms with Gasteiger partial charge >= 0.3 is 12.4 Å². The highest BCUT2D eigenvalue weighted by Crippen LogP contribution is 2.32. The van der Waals surface area contributed by atoms with Crippen molar-refractivity contribution < 1.29 is 41.1 Å². The SMILES string of the molecule is COCc1ccc(C)cc1N1C(=O)CS/C1=N\C(=O)Nc1ccc(-c2noc(-c3ccc(OC(F)(F)F)cc3)n2)cc1F. The van der Waals surface area contributed by atoms with Crippen LogP contribution in [0.25, 0.3) is 22.8 Å². The van der Waals surface area contributed by atoms with E-state index in [2.05, 4.69) is 25.2 Å². The van der Waals surface area contributed by atoms with Crippen LogP contribution in [-0.2, 0) is 16.1 Å². The van der Waals surface area contributed by atoms with Crippen LogP contribution in [0.4, 0.5) is 33.7 Å². The summed E-state index contributed by atoms with van der Waals surface area (Å²) in [5.74, 6) is -1.44. The number of nitrogens with zero attached hydrogens (tertiary/aromatic N) is 4. The minimum atomic E-state index is -4.83. The van der Waals surface area contributed by atoms with Gasteiger partial charge in [-0.05, 0) is 61.0 Å². The first-order valence-corrected chi connectivity index (χ1v) is 13.4. The second kappa shape index (κ2) is 12.2. The molecular formula is C28H21F4N5O5S. The number of urea groups is 1. The molecule has 4 aromatic rings. The number of nitrogens with one attached hydrogen (secondary N) is 1. The van der Waals surface area contributed by atoms with Crippen LogP contribution in [0, 0.1) is 12.7 Å². The summed E-state index contributed by atoms with van der Waals surface area (Å²) >= 11 is 1.08. The lowest BCUT2D eigenvalue weighted by atomic mass is 10.1. The van der Waals surface area contributed by atoms with Crippen molar-refractivity contribution in [3.63, 3.8) is 0 Å². The number of hydrogen-bond donors (Lipinski definition) is 1. The number of amidine groups is 1. The average Bonchev–Trinajstić information content (AvgIpc) is 3.58. The van der Waals surface area contributed by atoms with Crippen LogP contribution in [-0.4, -0.2) is 46.5 Å². The Morgan fingerprint density at radius 2 is 1.86 bits per heavy atom. The van der Waals surface area contributed by atoms with E-state index >= 15 is 0 Å². The van der Waals surface area contributed by atoms with Crippen LogP contribution in [0.1, 0.15) is 11.1 Å². The van der Waals surface area contributed by atoms with Gasteiger partial charge in [-0.25, -0.2) is 9.18 Å². The number of thioether (sulfide) groups is 1. The van der Waals surface area contributed by atoms with E-state index in [1.165, 1.54) is 36.3 Å². The maximum atomic E-state index is 15.0. The third-order valence-electron chi connectivity index (χ3n) is 5.97. The molecule has 15 heteroatoms. The normalized spacial score (nSPS) is 14.4. The second-order valence-corrected chi connectivity index (χ2v) is 10.0. The molecule has 0 atom stereocenters. The minimum absolute atomic E-state index is 0.00386. The molecule has 1 aliphatic rings. The zero-order chi connectivity index (χ0) is 30.7. The molecule has 0 radical (unpaired) electrons. The van der Waals surface area contributed by atoms with Crippen molar-refractivity contribution in [3.05, 3.63) is 77.6 Å². The van der Waals surface area contributed by atoms with Gasteiger partial charge in [0.15, 0.2) is 5.17 Å². The number of halogens is 4. The number of alkyl halides is 3. The fourth-order valence-corrected chi connectivity index (χ4v) is 4.94. The van der Waals surface area contributed by atoms with Gasteiger partial charge in [-0.3, -0.25) is 9.69 Å². The zero-order valence-electron chi connectivity index (χ0n) is 22.4. The van der Waals surface area contributed by atoms with Crippen molar-refractivity contribution in [2.24, 2.45) is 4.99 Å². The first-order chi connectivity index (χ1) is 20.5. The van der Waals surface area contributed by atoms with Crippen molar-refractivity contribution in [3.8, 4) is 28.6 Å². The molecule has 1 saturated heterocycles. The summed E-state index contributed by atoms with van der Waals surface area (Å²) < 4.78 is 66.3. The Morgan fingerprint density at radius 3 is 2.56 bits per heavy atom. The molecule has 0 spiro atoms. The van der Waals surface area contributed by atoms with Crippen molar-refractivity contribution in [1.29, 1.82) is 0 Å². The third kappa shape index (κ3) is 7.01. The lowest BCUT2D eigenvalue weighted by Crippen LogP contribution is -2.31. The fraction of sp³-hybridized carbons (Fsp3) is 0.179. The number of rotatable bonds is 7. The summed E-state index contributed by atoms with van der Waals surface area (Å²) in [6.45, 7) is 2.11. The molecule has 0 saturated carbocycles. The number of ether oxygens (including phenoxy) is 2. The molecule has 0 unspecified atom stereocenters. The Balaban J connectivity index is 1.30. The molecule has 1 aliphatic heterocycles. The Bertz CT molecular complexity index is 1710. The Kier molecular flexibility index (Phi) is 8.45. The van der Waals surface area contributed by atoms with Crippen LogP contribution in [0.3, 0.4) is 0 Å². The van der Waals surface area contributed by atoms with Crippen molar-refractivity contribution >= 4 is 40.2 Å². The van der Waals surface area contributed by atoms with Crippen LogP contribution in [0.15, 0.2) is 70.2 Å². The van der Waals surface area contributed by atoms with Gasteiger partial charge in [0.05, 0.1) is 23.7 Å². The van der Waals surface area contributed by atoms with Gasteiger partial charge in [0.2, 0.25) is 11.7 Å². The van der Waals surface area contributed by atoms with Crippen LogP contribution in [0.2, 0.25) is 0 Å². The lowest BCUT2D eigenvalue weighted by molar-refractivity contribution is -0.274. The van der Waals surface area contributed by atoms with Gasteiger partial charge in [0.1, 0.15) is 11.6 Å². The number of aryl methyl sites for hydroxylation is 1. The minimum Gasteiger partial charge on any atom is -0.406 e. The molecule has 43 heavy (non-hydrogen) atoms. The second-order valence-electron chi connectivity index (χ2n) is 9.10. The fourth-order valence-electron chi connectivity index (χ4n) is 4.08. The van der Waals surface area contributed by atoms with Gasteiger partial charge in [0.25, 0.3) is 5.89 Å². The van der Waals surface area contributed by atoms with E-state index < -0.39 is 24.0 Å². The average molecular weight is 616 g/mol. The standard InChI is InChI=1S/C28H21F4N5O5S/c1-15-3-4-18(13-40-2)22(11-15)37-23(38)14-43-27(37)35-26(39)33-21-10-7-17(12-20(21)29)24-34-25(42-36-24)16-5-8-19(9-6-16)41-28(30,31)32/h3-12H,13-14H2,1-2H3,(H,33,39)/b35-27-. The van der Waals surface area contributed by atoms with Gasteiger partial charge in [-0.15, -0.1) is 13.2 Å². The molecule has 1 aromatic heterocycles. The summed E-state index contributed by atoms with van der Waals surface area (Å²) in [4.78, 5) is 35.0. The first-order valence-electron chi connectivity index (χ1n) is 12.4. The molecule has 1 N–H and O–H groups in total. The Labute approximate surface area is 245 Å². The smallest absolute Gasteiger partial charge is 0.406 e. The van der Waals surface area contributed by atoms with E-state index in [0.29, 0.717) is 11.3 Å². The highest BCUT2D eigenvalue weighted by molar-refractivity contribution is 8.15.